The number of ether oxygens (including phenoxy) is 1. The molecule has 1 aromatic heterocycles. The van der Waals surface area contributed by atoms with Gasteiger partial charge in [-0.05, 0) is 37.0 Å². The summed E-state index contributed by atoms with van der Waals surface area (Å²) in [5.41, 5.74) is 0.187. The van der Waals surface area contributed by atoms with Crippen LogP contribution in [0.5, 0.6) is 0 Å². The first-order chi connectivity index (χ1) is 13.8. The second-order valence-corrected chi connectivity index (χ2v) is 9.50. The molecule has 0 atom stereocenters. The van der Waals surface area contributed by atoms with Crippen molar-refractivity contribution in [3.05, 3.63) is 40.2 Å². The highest BCUT2D eigenvalue weighted by Crippen LogP contribution is 2.23. The summed E-state index contributed by atoms with van der Waals surface area (Å²) in [6.07, 6.45) is 1.82. The van der Waals surface area contributed by atoms with E-state index in [0.29, 0.717) is 36.6 Å². The summed E-state index contributed by atoms with van der Waals surface area (Å²) in [5, 5.41) is 3.23. The molecule has 1 aliphatic rings. The number of amides is 1. The van der Waals surface area contributed by atoms with Crippen LogP contribution in [0.4, 0.5) is 0 Å². The molecule has 29 heavy (non-hydrogen) atoms. The van der Waals surface area contributed by atoms with Crippen LogP contribution in [-0.2, 0) is 14.8 Å². The van der Waals surface area contributed by atoms with Crippen molar-refractivity contribution < 1.29 is 17.9 Å². The van der Waals surface area contributed by atoms with Gasteiger partial charge in [-0.3, -0.25) is 9.59 Å². The minimum atomic E-state index is -3.71. The van der Waals surface area contributed by atoms with E-state index >= 15 is 0 Å². The molecular formula is C20H27N3O5S. The normalized spacial score (nSPS) is 15.7. The molecule has 0 saturated carbocycles. The maximum Gasteiger partial charge on any atom is 0.252 e. The number of aromatic amines is 1. The second-order valence-electron chi connectivity index (χ2n) is 7.56. The lowest BCUT2D eigenvalue weighted by atomic mass is 10.1. The number of carbonyl (C=O) groups excluding carboxylic acids is 1. The number of nitrogens with one attached hydrogen (secondary N) is 2. The maximum atomic E-state index is 13.0. The molecule has 2 N–H and O–H groups in total. The summed E-state index contributed by atoms with van der Waals surface area (Å²) in [5.74, 6) is 0.158. The van der Waals surface area contributed by atoms with Gasteiger partial charge in [0.15, 0.2) is 0 Å². The number of fused-ring (bicyclic) bond motifs is 1. The van der Waals surface area contributed by atoms with Crippen LogP contribution in [0.15, 0.2) is 34.0 Å². The number of hydrogen-bond donors (Lipinski definition) is 2. The molecule has 8 nitrogen and oxygen atoms in total. The topological polar surface area (TPSA) is 109 Å². The van der Waals surface area contributed by atoms with E-state index in [0.717, 1.165) is 12.8 Å². The van der Waals surface area contributed by atoms with Crippen LogP contribution in [0.1, 0.15) is 37.0 Å². The first kappa shape index (κ1) is 21.5. The maximum absolute atomic E-state index is 13.0. The van der Waals surface area contributed by atoms with Gasteiger partial charge in [-0.2, -0.15) is 4.31 Å². The van der Waals surface area contributed by atoms with Gasteiger partial charge >= 0.3 is 0 Å². The average Bonchev–Trinajstić information content (AvgIpc) is 2.70. The zero-order chi connectivity index (χ0) is 21.0. The van der Waals surface area contributed by atoms with Crippen LogP contribution in [0.2, 0.25) is 0 Å². The molecule has 1 amide bonds. The molecule has 1 saturated heterocycles. The number of H-pyrrole nitrogens is 1. The van der Waals surface area contributed by atoms with Crippen LogP contribution in [0.3, 0.4) is 0 Å². The van der Waals surface area contributed by atoms with Crippen LogP contribution < -0.4 is 10.9 Å². The SMILES string of the molecule is CC(C)CCCNC(=O)c1cc(=O)[nH]c2ccc(S(=O)(=O)N3CCOCC3)cc12. The van der Waals surface area contributed by atoms with Crippen LogP contribution in [0.25, 0.3) is 10.9 Å². The molecule has 1 aliphatic heterocycles. The van der Waals surface area contributed by atoms with E-state index < -0.39 is 15.6 Å². The van der Waals surface area contributed by atoms with Gasteiger partial charge in [0.25, 0.3) is 5.91 Å². The number of sulfonamides is 1. The fourth-order valence-corrected chi connectivity index (χ4v) is 4.76. The van der Waals surface area contributed by atoms with Crippen molar-refractivity contribution in [3.63, 3.8) is 0 Å². The van der Waals surface area contributed by atoms with Crippen molar-refractivity contribution in [1.29, 1.82) is 0 Å². The molecule has 3 rings (SSSR count). The van der Waals surface area contributed by atoms with Crippen molar-refractivity contribution in [2.24, 2.45) is 5.92 Å². The zero-order valence-electron chi connectivity index (χ0n) is 16.7. The standard InChI is InChI=1S/C20H27N3O5S/c1-14(2)4-3-7-21-20(25)17-13-19(24)22-18-6-5-15(12-16(17)18)29(26,27)23-8-10-28-11-9-23/h5-6,12-14H,3-4,7-11H2,1-2H3,(H,21,25)(H,22,24). The highest BCUT2D eigenvalue weighted by atomic mass is 32.2. The van der Waals surface area contributed by atoms with Gasteiger partial charge in [0, 0.05) is 36.6 Å². The summed E-state index contributed by atoms with van der Waals surface area (Å²) in [6.45, 7) is 6.00. The molecule has 2 aromatic rings. The number of pyridine rings is 1. The van der Waals surface area contributed by atoms with Crippen LogP contribution >= 0.6 is 0 Å². The number of nitrogens with zero attached hydrogens (tertiary/aromatic N) is 1. The summed E-state index contributed by atoms with van der Waals surface area (Å²) < 4.78 is 32.5. The Balaban J connectivity index is 1.92. The van der Waals surface area contributed by atoms with Gasteiger partial charge in [0.2, 0.25) is 15.6 Å². The fourth-order valence-electron chi connectivity index (χ4n) is 3.32. The highest BCUT2D eigenvalue weighted by molar-refractivity contribution is 7.89. The minimum Gasteiger partial charge on any atom is -0.379 e. The highest BCUT2D eigenvalue weighted by Gasteiger charge is 2.27. The molecule has 2 heterocycles. The van der Waals surface area contributed by atoms with E-state index in [1.165, 1.54) is 28.6 Å². The number of benzene rings is 1. The molecule has 0 unspecified atom stereocenters. The third-order valence-electron chi connectivity index (χ3n) is 4.91. The van der Waals surface area contributed by atoms with Crippen molar-refractivity contribution in [2.45, 2.75) is 31.6 Å². The first-order valence-electron chi connectivity index (χ1n) is 9.82. The number of hydrogen-bond acceptors (Lipinski definition) is 5. The quantitative estimate of drug-likeness (QED) is 0.662. The largest absolute Gasteiger partial charge is 0.379 e. The molecule has 158 valence electrons. The molecule has 9 heteroatoms. The van der Waals surface area contributed by atoms with Crippen molar-refractivity contribution in [2.75, 3.05) is 32.8 Å². The van der Waals surface area contributed by atoms with Gasteiger partial charge in [0.1, 0.15) is 0 Å². The third kappa shape index (κ3) is 5.04. The van der Waals surface area contributed by atoms with Gasteiger partial charge < -0.3 is 15.0 Å². The molecule has 0 radical (unpaired) electrons. The van der Waals surface area contributed by atoms with E-state index in [4.69, 9.17) is 4.74 Å². The van der Waals surface area contributed by atoms with Gasteiger partial charge in [-0.25, -0.2) is 8.42 Å². The molecule has 1 fully saturated rings. The van der Waals surface area contributed by atoms with E-state index in [1.807, 2.05) is 0 Å². The molecule has 1 aromatic carbocycles. The number of carbonyl (C=O) groups is 1. The Morgan fingerprint density at radius 3 is 2.66 bits per heavy atom. The van der Waals surface area contributed by atoms with E-state index in [1.54, 1.807) is 0 Å². The molecule has 0 spiro atoms. The van der Waals surface area contributed by atoms with Crippen LogP contribution in [-0.4, -0.2) is 56.5 Å². The van der Waals surface area contributed by atoms with E-state index in [2.05, 4.69) is 24.1 Å². The fraction of sp³-hybridized carbons (Fsp3) is 0.500. The predicted octanol–water partition coefficient (Wildman–Crippen LogP) is 1.72. The Bertz CT molecular complexity index is 1040. The van der Waals surface area contributed by atoms with Crippen molar-refractivity contribution in [3.8, 4) is 0 Å². The average molecular weight is 422 g/mol. The Labute approximate surface area is 170 Å². The number of aromatic nitrogens is 1. The lowest BCUT2D eigenvalue weighted by Crippen LogP contribution is -2.40. The lowest BCUT2D eigenvalue weighted by Gasteiger charge is -2.26. The monoisotopic (exact) mass is 421 g/mol. The smallest absolute Gasteiger partial charge is 0.252 e. The summed E-state index contributed by atoms with van der Waals surface area (Å²) >= 11 is 0. The molecule has 0 bridgehead atoms. The summed E-state index contributed by atoms with van der Waals surface area (Å²) in [7, 11) is -3.71. The van der Waals surface area contributed by atoms with Crippen LogP contribution in [0, 0.1) is 5.92 Å². The minimum absolute atomic E-state index is 0.0906. The van der Waals surface area contributed by atoms with Gasteiger partial charge in [0.05, 0.1) is 23.7 Å². The number of rotatable bonds is 7. The summed E-state index contributed by atoms with van der Waals surface area (Å²) in [6, 6.07) is 5.65. The third-order valence-corrected chi connectivity index (χ3v) is 6.81. The van der Waals surface area contributed by atoms with E-state index in [9.17, 15) is 18.0 Å². The number of morpholine rings is 1. The van der Waals surface area contributed by atoms with Gasteiger partial charge in [-0.1, -0.05) is 13.8 Å². The summed E-state index contributed by atoms with van der Waals surface area (Å²) in [4.78, 5) is 27.4. The second kappa shape index (κ2) is 9.06. The lowest BCUT2D eigenvalue weighted by molar-refractivity contribution is 0.0730. The Kier molecular flexibility index (Phi) is 6.71. The van der Waals surface area contributed by atoms with Crippen molar-refractivity contribution in [1.82, 2.24) is 14.6 Å². The van der Waals surface area contributed by atoms with Crippen molar-refractivity contribution >= 4 is 26.8 Å². The Hall–Kier alpha value is -2.23. The molecule has 0 aliphatic carbocycles. The zero-order valence-corrected chi connectivity index (χ0v) is 17.5. The van der Waals surface area contributed by atoms with Gasteiger partial charge in [-0.15, -0.1) is 0 Å². The Morgan fingerprint density at radius 1 is 1.24 bits per heavy atom. The Morgan fingerprint density at radius 2 is 1.97 bits per heavy atom. The molecular weight excluding hydrogens is 394 g/mol. The first-order valence-corrected chi connectivity index (χ1v) is 11.3. The predicted molar refractivity (Wildman–Crippen MR) is 111 cm³/mol. The van der Waals surface area contributed by atoms with E-state index in [-0.39, 0.29) is 29.5 Å².